The van der Waals surface area contributed by atoms with Gasteiger partial charge in [-0.25, -0.2) is 0 Å². The van der Waals surface area contributed by atoms with Crippen molar-refractivity contribution in [1.82, 2.24) is 0 Å². The summed E-state index contributed by atoms with van der Waals surface area (Å²) < 4.78 is 6.43. The van der Waals surface area contributed by atoms with Crippen molar-refractivity contribution in [2.75, 3.05) is 4.90 Å². The number of fused-ring (bicyclic) bond motifs is 7. The fourth-order valence-corrected chi connectivity index (χ4v) is 7.52. The number of rotatable bonds is 4. The predicted molar refractivity (Wildman–Crippen MR) is 189 cm³/mol. The van der Waals surface area contributed by atoms with Crippen molar-refractivity contribution in [3.8, 4) is 22.3 Å². The molecular formula is C43H31NO. The molecule has 0 spiro atoms. The van der Waals surface area contributed by atoms with Gasteiger partial charge in [0.15, 0.2) is 0 Å². The number of benzene rings is 7. The molecule has 0 saturated heterocycles. The summed E-state index contributed by atoms with van der Waals surface area (Å²) in [6.07, 6.45) is 0. The molecule has 1 aromatic heterocycles. The molecule has 0 saturated carbocycles. The summed E-state index contributed by atoms with van der Waals surface area (Å²) in [5.74, 6) is 0. The highest BCUT2D eigenvalue weighted by Crippen LogP contribution is 2.55. The van der Waals surface area contributed by atoms with Crippen LogP contribution in [0.15, 0.2) is 156 Å². The van der Waals surface area contributed by atoms with E-state index in [1.54, 1.807) is 0 Å². The lowest BCUT2D eigenvalue weighted by Crippen LogP contribution is -2.16. The second-order valence-electron chi connectivity index (χ2n) is 12.5. The second-order valence-corrected chi connectivity index (χ2v) is 12.5. The Morgan fingerprint density at radius 1 is 0.489 bits per heavy atom. The van der Waals surface area contributed by atoms with Gasteiger partial charge in [-0.15, -0.1) is 0 Å². The van der Waals surface area contributed by atoms with E-state index in [0.717, 1.165) is 39.0 Å². The molecule has 1 heterocycles. The molecule has 0 atom stereocenters. The first-order valence-electron chi connectivity index (χ1n) is 15.6. The van der Waals surface area contributed by atoms with Crippen LogP contribution in [0.3, 0.4) is 0 Å². The summed E-state index contributed by atoms with van der Waals surface area (Å²) in [5.41, 5.74) is 12.7. The molecule has 1 aliphatic rings. The van der Waals surface area contributed by atoms with E-state index >= 15 is 0 Å². The number of hydrogen-bond donors (Lipinski definition) is 0. The van der Waals surface area contributed by atoms with Gasteiger partial charge in [0.1, 0.15) is 11.2 Å². The summed E-state index contributed by atoms with van der Waals surface area (Å²) >= 11 is 0. The maximum atomic E-state index is 6.43. The van der Waals surface area contributed by atoms with Crippen LogP contribution in [-0.4, -0.2) is 0 Å². The normalized spacial score (nSPS) is 13.3. The predicted octanol–water partition coefficient (Wildman–Crippen LogP) is 12.2. The number of hydrogen-bond acceptors (Lipinski definition) is 2. The highest BCUT2D eigenvalue weighted by molar-refractivity contribution is 6.14. The van der Waals surface area contributed by atoms with E-state index < -0.39 is 0 Å². The van der Waals surface area contributed by atoms with Gasteiger partial charge in [0.05, 0.1) is 22.4 Å². The van der Waals surface area contributed by atoms with E-state index in [4.69, 9.17) is 4.42 Å². The molecule has 1 aliphatic carbocycles. The first-order valence-corrected chi connectivity index (χ1v) is 15.6. The lowest BCUT2D eigenvalue weighted by Gasteiger charge is -2.31. The van der Waals surface area contributed by atoms with Crippen LogP contribution in [0, 0.1) is 0 Å². The molecule has 7 aromatic carbocycles. The van der Waals surface area contributed by atoms with Crippen molar-refractivity contribution in [3.63, 3.8) is 0 Å². The summed E-state index contributed by atoms with van der Waals surface area (Å²) in [6.45, 7) is 4.69. The van der Waals surface area contributed by atoms with Crippen molar-refractivity contribution in [3.05, 3.63) is 163 Å². The molecule has 0 N–H and O–H groups in total. The van der Waals surface area contributed by atoms with E-state index in [-0.39, 0.29) is 5.41 Å². The largest absolute Gasteiger partial charge is 0.456 e. The summed E-state index contributed by atoms with van der Waals surface area (Å²) in [5, 5.41) is 4.70. The Morgan fingerprint density at radius 2 is 1.13 bits per heavy atom. The molecule has 9 rings (SSSR count). The maximum Gasteiger partial charge on any atom is 0.137 e. The minimum Gasteiger partial charge on any atom is -0.456 e. The highest BCUT2D eigenvalue weighted by Gasteiger charge is 2.38. The van der Waals surface area contributed by atoms with Gasteiger partial charge in [0, 0.05) is 21.9 Å². The Hall–Kier alpha value is -5.60. The molecular weight excluding hydrogens is 546 g/mol. The minimum absolute atomic E-state index is 0.111. The second kappa shape index (κ2) is 9.70. The van der Waals surface area contributed by atoms with Crippen LogP contribution >= 0.6 is 0 Å². The van der Waals surface area contributed by atoms with Crippen molar-refractivity contribution >= 4 is 49.8 Å². The Morgan fingerprint density at radius 3 is 2.04 bits per heavy atom. The van der Waals surface area contributed by atoms with Gasteiger partial charge < -0.3 is 9.32 Å². The molecule has 2 nitrogen and oxygen atoms in total. The quantitative estimate of drug-likeness (QED) is 0.207. The van der Waals surface area contributed by atoms with Crippen LogP contribution in [0.5, 0.6) is 0 Å². The molecule has 45 heavy (non-hydrogen) atoms. The molecule has 0 aliphatic heterocycles. The average molecular weight is 578 g/mol. The van der Waals surface area contributed by atoms with Crippen LogP contribution < -0.4 is 4.90 Å². The zero-order chi connectivity index (χ0) is 30.1. The fraction of sp³-hybridized carbons (Fsp3) is 0.0698. The molecule has 214 valence electrons. The van der Waals surface area contributed by atoms with Gasteiger partial charge in [-0.3, -0.25) is 0 Å². The van der Waals surface area contributed by atoms with E-state index in [2.05, 4.69) is 164 Å². The summed E-state index contributed by atoms with van der Waals surface area (Å²) in [7, 11) is 0. The first-order chi connectivity index (χ1) is 22.1. The standard InChI is InChI=1S/C43H31NO/c1-43(2)34-18-8-5-16-32(34)41-35(43)19-11-21-37(41)44(38-22-12-24-40-42(38)33-17-7-10-23-39(33)45-40)36-20-9-6-15-31(36)30-26-25-28-13-3-4-14-29(28)27-30/h3-27H,1-2H3. The van der Waals surface area contributed by atoms with Gasteiger partial charge >= 0.3 is 0 Å². The third-order valence-corrected chi connectivity index (χ3v) is 9.65. The van der Waals surface area contributed by atoms with Crippen molar-refractivity contribution < 1.29 is 4.42 Å². The average Bonchev–Trinajstić information content (AvgIpc) is 3.58. The van der Waals surface area contributed by atoms with Gasteiger partial charge in [0.2, 0.25) is 0 Å². The van der Waals surface area contributed by atoms with Gasteiger partial charge in [0.25, 0.3) is 0 Å². The number of para-hydroxylation sites is 2. The van der Waals surface area contributed by atoms with Gasteiger partial charge in [-0.2, -0.15) is 0 Å². The Labute approximate surface area is 262 Å². The number of anilines is 3. The van der Waals surface area contributed by atoms with Crippen LogP contribution in [0.4, 0.5) is 17.1 Å². The molecule has 0 fully saturated rings. The Balaban J connectivity index is 1.39. The van der Waals surface area contributed by atoms with Crippen molar-refractivity contribution in [2.45, 2.75) is 19.3 Å². The Bertz CT molecular complexity index is 2430. The molecule has 0 unspecified atom stereocenters. The third kappa shape index (κ3) is 3.82. The summed E-state index contributed by atoms with van der Waals surface area (Å²) in [6, 6.07) is 54.7. The monoisotopic (exact) mass is 577 g/mol. The van der Waals surface area contributed by atoms with E-state index in [1.807, 2.05) is 6.07 Å². The molecule has 0 amide bonds. The fourth-order valence-electron chi connectivity index (χ4n) is 7.52. The summed E-state index contributed by atoms with van der Waals surface area (Å²) in [4.78, 5) is 2.48. The van der Waals surface area contributed by atoms with Crippen LogP contribution in [0.1, 0.15) is 25.0 Å². The zero-order valence-corrected chi connectivity index (χ0v) is 25.3. The SMILES string of the molecule is CC1(C)c2ccccc2-c2c(N(c3ccccc3-c3ccc4ccccc4c3)c3cccc4oc5ccccc5c34)cccc21. The number of nitrogens with zero attached hydrogens (tertiary/aromatic N) is 1. The molecule has 8 aromatic rings. The Kier molecular flexibility index (Phi) is 5.58. The lowest BCUT2D eigenvalue weighted by molar-refractivity contribution is 0.660. The maximum absolute atomic E-state index is 6.43. The van der Waals surface area contributed by atoms with Gasteiger partial charge in [-0.1, -0.05) is 129 Å². The smallest absolute Gasteiger partial charge is 0.137 e. The topological polar surface area (TPSA) is 16.4 Å². The van der Waals surface area contributed by atoms with Gasteiger partial charge in [-0.05, 0) is 69.4 Å². The highest BCUT2D eigenvalue weighted by atomic mass is 16.3. The minimum atomic E-state index is -0.111. The lowest BCUT2D eigenvalue weighted by atomic mass is 9.82. The molecule has 2 heteroatoms. The molecule has 0 radical (unpaired) electrons. The van der Waals surface area contributed by atoms with Crippen LogP contribution in [0.2, 0.25) is 0 Å². The first kappa shape index (κ1) is 25.9. The number of furan rings is 1. The molecule has 0 bridgehead atoms. The van der Waals surface area contributed by atoms with Crippen molar-refractivity contribution in [2.24, 2.45) is 0 Å². The van der Waals surface area contributed by atoms with E-state index in [1.165, 1.54) is 44.2 Å². The van der Waals surface area contributed by atoms with Crippen molar-refractivity contribution in [1.29, 1.82) is 0 Å². The zero-order valence-electron chi connectivity index (χ0n) is 25.3. The van der Waals surface area contributed by atoms with Crippen LogP contribution in [-0.2, 0) is 5.41 Å². The van der Waals surface area contributed by atoms with E-state index in [9.17, 15) is 0 Å². The third-order valence-electron chi connectivity index (χ3n) is 9.65. The van der Waals surface area contributed by atoms with E-state index in [0.29, 0.717) is 0 Å². The van der Waals surface area contributed by atoms with Crippen LogP contribution in [0.25, 0.3) is 55.0 Å².